The van der Waals surface area contributed by atoms with E-state index in [9.17, 15) is 9.59 Å². The number of ketones is 1. The average Bonchev–Trinajstić information content (AvgIpc) is 2.87. The number of anilines is 1. The van der Waals surface area contributed by atoms with Crippen LogP contribution in [0.1, 0.15) is 29.8 Å². The summed E-state index contributed by atoms with van der Waals surface area (Å²) in [6, 6.07) is 17.3. The first-order valence-electron chi connectivity index (χ1n) is 11.7. The first-order valence-corrected chi connectivity index (χ1v) is 11.7. The number of nitrogens with one attached hydrogen (secondary N) is 1. The highest BCUT2D eigenvalue weighted by Gasteiger charge is 2.38. The predicted molar refractivity (Wildman–Crippen MR) is 137 cm³/mol. The van der Waals surface area contributed by atoms with E-state index in [2.05, 4.69) is 35.6 Å². The topological polar surface area (TPSA) is 77.1 Å². The molecule has 1 aliphatic heterocycles. The number of Topliss-reactive ketones (excluding diaryl/α,β-unsaturated/α-hetero) is 1. The maximum absolute atomic E-state index is 13.5. The summed E-state index contributed by atoms with van der Waals surface area (Å²) in [5.41, 5.74) is 2.49. The summed E-state index contributed by atoms with van der Waals surface area (Å²) in [5.74, 6) is 0.675. The minimum absolute atomic E-state index is 0.174. The molecule has 1 N–H and O–H groups in total. The molecule has 0 saturated heterocycles. The number of fused-ring (bicyclic) bond motifs is 2. The largest absolute Gasteiger partial charge is 0.493 e. The molecule has 0 spiro atoms. The van der Waals surface area contributed by atoms with Crippen LogP contribution in [-0.2, 0) is 11.2 Å². The molecule has 1 atom stereocenters. The fourth-order valence-corrected chi connectivity index (χ4v) is 4.48. The van der Waals surface area contributed by atoms with Crippen LogP contribution in [0.4, 0.5) is 10.5 Å². The number of ether oxygens (including phenoxy) is 3. The quantitative estimate of drug-likeness (QED) is 0.378. The molecule has 7 heteroatoms. The zero-order chi connectivity index (χ0) is 24.9. The molecule has 0 fully saturated rings. The molecule has 7 nitrogen and oxygen atoms in total. The molecule has 0 aliphatic carbocycles. The van der Waals surface area contributed by atoms with Crippen molar-refractivity contribution in [1.29, 1.82) is 0 Å². The molecule has 1 unspecified atom stereocenters. The van der Waals surface area contributed by atoms with Gasteiger partial charge in [0.15, 0.2) is 17.3 Å². The van der Waals surface area contributed by atoms with E-state index >= 15 is 0 Å². The Labute approximate surface area is 205 Å². The molecular weight excluding hydrogens is 444 g/mol. The van der Waals surface area contributed by atoms with E-state index in [4.69, 9.17) is 14.2 Å². The minimum atomic E-state index is -0.530. The number of benzene rings is 3. The SMILES string of the molecule is CCOC(=O)N1c2cc(OC)c(OC)cc2C(=O)C(=CNCCc2cccc3ccccc23)C1C. The lowest BCUT2D eigenvalue weighted by Gasteiger charge is -2.35. The third kappa shape index (κ3) is 4.67. The standard InChI is InChI=1S/C28H30N2O5/c1-5-35-28(32)30-18(2)23(27(31)22-15-25(33-3)26(34-4)16-24(22)30)17-29-14-13-20-11-8-10-19-9-6-7-12-21(19)20/h6-12,15-18,29H,5,13-14H2,1-4H3. The lowest BCUT2D eigenvalue weighted by atomic mass is 9.90. The van der Waals surface area contributed by atoms with Gasteiger partial charge in [0, 0.05) is 24.4 Å². The fourth-order valence-electron chi connectivity index (χ4n) is 4.48. The van der Waals surface area contributed by atoms with E-state index in [-0.39, 0.29) is 12.4 Å². The molecule has 1 amide bonds. The zero-order valence-corrected chi connectivity index (χ0v) is 20.5. The van der Waals surface area contributed by atoms with Crippen LogP contribution in [0.25, 0.3) is 10.8 Å². The number of carbonyl (C=O) groups excluding carboxylic acids is 2. The van der Waals surface area contributed by atoms with Gasteiger partial charge in [-0.3, -0.25) is 9.69 Å². The molecule has 35 heavy (non-hydrogen) atoms. The van der Waals surface area contributed by atoms with E-state index in [0.29, 0.717) is 34.9 Å². The second-order valence-electron chi connectivity index (χ2n) is 8.24. The third-order valence-corrected chi connectivity index (χ3v) is 6.25. The maximum atomic E-state index is 13.5. The van der Waals surface area contributed by atoms with E-state index in [0.717, 1.165) is 6.42 Å². The summed E-state index contributed by atoms with van der Waals surface area (Å²) >= 11 is 0. The molecular formula is C28H30N2O5. The molecule has 0 bridgehead atoms. The molecule has 0 saturated carbocycles. The van der Waals surface area contributed by atoms with Crippen LogP contribution in [-0.4, -0.2) is 45.3 Å². The molecule has 0 radical (unpaired) electrons. The minimum Gasteiger partial charge on any atom is -0.493 e. The van der Waals surface area contributed by atoms with Gasteiger partial charge in [0.05, 0.1) is 38.1 Å². The van der Waals surface area contributed by atoms with Crippen molar-refractivity contribution in [2.45, 2.75) is 26.3 Å². The third-order valence-electron chi connectivity index (χ3n) is 6.25. The van der Waals surface area contributed by atoms with Crippen molar-refractivity contribution < 1.29 is 23.8 Å². The molecule has 0 aromatic heterocycles. The van der Waals surface area contributed by atoms with Gasteiger partial charge in [0.25, 0.3) is 0 Å². The van der Waals surface area contributed by atoms with E-state index in [1.165, 1.54) is 35.5 Å². The summed E-state index contributed by atoms with van der Waals surface area (Å²) in [6.07, 6.45) is 1.98. The molecule has 1 aliphatic rings. The number of nitrogens with zero attached hydrogens (tertiary/aromatic N) is 1. The smallest absolute Gasteiger partial charge is 0.414 e. The van der Waals surface area contributed by atoms with Crippen LogP contribution in [0, 0.1) is 0 Å². The van der Waals surface area contributed by atoms with Crippen molar-refractivity contribution in [3.63, 3.8) is 0 Å². The van der Waals surface area contributed by atoms with Crippen molar-refractivity contribution in [3.05, 3.63) is 77.5 Å². The predicted octanol–water partition coefficient (Wildman–Crippen LogP) is 5.12. The number of hydrogen-bond donors (Lipinski definition) is 1. The molecule has 1 heterocycles. The van der Waals surface area contributed by atoms with Crippen LogP contribution in [0.3, 0.4) is 0 Å². The second kappa shape index (κ2) is 10.5. The number of hydrogen-bond acceptors (Lipinski definition) is 6. The van der Waals surface area contributed by atoms with Gasteiger partial charge in [-0.25, -0.2) is 4.79 Å². The Morgan fingerprint density at radius 3 is 2.51 bits per heavy atom. The van der Waals surface area contributed by atoms with Crippen LogP contribution in [0.5, 0.6) is 11.5 Å². The first kappa shape index (κ1) is 24.1. The summed E-state index contributed by atoms with van der Waals surface area (Å²) in [6.45, 7) is 4.42. The molecule has 3 aromatic rings. The number of rotatable bonds is 7. The summed E-state index contributed by atoms with van der Waals surface area (Å²) < 4.78 is 16.1. The highest BCUT2D eigenvalue weighted by Crippen LogP contribution is 2.41. The van der Waals surface area contributed by atoms with Crippen LogP contribution < -0.4 is 19.7 Å². The Bertz CT molecular complexity index is 1280. The van der Waals surface area contributed by atoms with Gasteiger partial charge in [-0.05, 0) is 42.7 Å². The Morgan fingerprint density at radius 2 is 1.77 bits per heavy atom. The summed E-state index contributed by atoms with van der Waals surface area (Å²) in [5, 5.41) is 5.70. The van der Waals surface area contributed by atoms with E-state index in [1.54, 1.807) is 25.3 Å². The van der Waals surface area contributed by atoms with Gasteiger partial charge >= 0.3 is 6.09 Å². The van der Waals surface area contributed by atoms with Gasteiger partial charge in [0.2, 0.25) is 0 Å². The summed E-state index contributed by atoms with van der Waals surface area (Å²) in [4.78, 5) is 27.9. The van der Waals surface area contributed by atoms with Crippen LogP contribution in [0.2, 0.25) is 0 Å². The summed E-state index contributed by atoms with van der Waals surface area (Å²) in [7, 11) is 3.02. The molecule has 4 rings (SSSR count). The molecule has 182 valence electrons. The Kier molecular flexibility index (Phi) is 7.25. The lowest BCUT2D eigenvalue weighted by molar-refractivity contribution is 0.102. The van der Waals surface area contributed by atoms with Crippen LogP contribution in [0.15, 0.2) is 66.4 Å². The lowest BCUT2D eigenvalue weighted by Crippen LogP contribution is -2.46. The highest BCUT2D eigenvalue weighted by molar-refractivity contribution is 6.18. The Hall–Kier alpha value is -4.00. The molecule has 3 aromatic carbocycles. The van der Waals surface area contributed by atoms with Crippen LogP contribution >= 0.6 is 0 Å². The normalized spacial score (nSPS) is 16.2. The number of methoxy groups -OCH3 is 2. The van der Waals surface area contributed by atoms with Gasteiger partial charge in [0.1, 0.15) is 0 Å². The fraction of sp³-hybridized carbons (Fsp3) is 0.286. The van der Waals surface area contributed by atoms with E-state index < -0.39 is 12.1 Å². The van der Waals surface area contributed by atoms with Gasteiger partial charge in [-0.15, -0.1) is 0 Å². The second-order valence-corrected chi connectivity index (χ2v) is 8.24. The van der Waals surface area contributed by atoms with Gasteiger partial charge in [-0.1, -0.05) is 42.5 Å². The van der Waals surface area contributed by atoms with Crippen molar-refractivity contribution in [3.8, 4) is 11.5 Å². The van der Waals surface area contributed by atoms with E-state index in [1.807, 2.05) is 19.1 Å². The highest BCUT2D eigenvalue weighted by atomic mass is 16.6. The number of amides is 1. The van der Waals surface area contributed by atoms with Gasteiger partial charge in [-0.2, -0.15) is 0 Å². The zero-order valence-electron chi connectivity index (χ0n) is 20.5. The maximum Gasteiger partial charge on any atom is 0.414 e. The average molecular weight is 475 g/mol. The van der Waals surface area contributed by atoms with Crippen molar-refractivity contribution in [2.75, 3.05) is 32.3 Å². The Morgan fingerprint density at radius 1 is 1.06 bits per heavy atom. The van der Waals surface area contributed by atoms with Gasteiger partial charge < -0.3 is 19.5 Å². The monoisotopic (exact) mass is 474 g/mol. The number of carbonyl (C=O) groups is 2. The van der Waals surface area contributed by atoms with Crippen molar-refractivity contribution in [1.82, 2.24) is 5.32 Å². The Balaban J connectivity index is 1.62. The first-order chi connectivity index (χ1) is 17.0. The van der Waals surface area contributed by atoms with Crippen molar-refractivity contribution in [2.24, 2.45) is 0 Å². The van der Waals surface area contributed by atoms with Crippen molar-refractivity contribution >= 4 is 28.3 Å².